The molecule has 1 amide bonds. The van der Waals surface area contributed by atoms with Gasteiger partial charge in [-0.15, -0.1) is 0 Å². The lowest BCUT2D eigenvalue weighted by Crippen LogP contribution is -2.42. The molecule has 1 fully saturated rings. The van der Waals surface area contributed by atoms with E-state index in [1.165, 1.54) is 0 Å². The number of nitrogens with zero attached hydrogens (tertiary/aromatic N) is 3. The van der Waals surface area contributed by atoms with Crippen LogP contribution < -0.4 is 10.6 Å². The van der Waals surface area contributed by atoms with Crippen molar-refractivity contribution in [2.45, 2.75) is 57.5 Å². The van der Waals surface area contributed by atoms with Crippen LogP contribution in [0.5, 0.6) is 0 Å². The summed E-state index contributed by atoms with van der Waals surface area (Å²) in [4.78, 5) is 22.6. The van der Waals surface area contributed by atoms with Gasteiger partial charge in [-0.2, -0.15) is 0 Å². The van der Waals surface area contributed by atoms with Crippen molar-refractivity contribution in [3.05, 3.63) is 17.1 Å². The van der Waals surface area contributed by atoms with Crippen LogP contribution in [-0.2, 0) is 23.1 Å². The highest BCUT2D eigenvalue weighted by Gasteiger charge is 2.45. The fourth-order valence-corrected chi connectivity index (χ4v) is 3.16. The first kappa shape index (κ1) is 15.2. The van der Waals surface area contributed by atoms with Crippen molar-refractivity contribution < 1.29 is 9.18 Å². The molecule has 1 unspecified atom stereocenters. The van der Waals surface area contributed by atoms with Crippen LogP contribution in [0.25, 0.3) is 0 Å². The van der Waals surface area contributed by atoms with E-state index < -0.39 is 11.6 Å². The molecule has 120 valence electrons. The molecule has 5 nitrogen and oxygen atoms in total. The molecule has 0 spiro atoms. The number of halogens is 1. The molecule has 0 radical (unpaired) electrons. The molecule has 3 rings (SSSR count). The number of hydrogen-bond donors (Lipinski definition) is 1. The van der Waals surface area contributed by atoms with Gasteiger partial charge in [0.25, 0.3) is 5.91 Å². The first-order valence-electron chi connectivity index (χ1n) is 7.85. The minimum Gasteiger partial charge on any atom is -0.367 e. The molecule has 1 aromatic rings. The number of aryl methyl sites for hydroxylation is 1. The minimum absolute atomic E-state index is 0.00459. The Morgan fingerprint density at radius 2 is 2.05 bits per heavy atom. The van der Waals surface area contributed by atoms with E-state index in [2.05, 4.69) is 20.8 Å². The van der Waals surface area contributed by atoms with Gasteiger partial charge in [0.05, 0.1) is 6.54 Å². The van der Waals surface area contributed by atoms with Crippen LogP contribution in [0.4, 0.5) is 10.2 Å². The third kappa shape index (κ3) is 2.44. The van der Waals surface area contributed by atoms with Gasteiger partial charge in [-0.1, -0.05) is 20.8 Å². The van der Waals surface area contributed by atoms with Crippen molar-refractivity contribution in [3.63, 3.8) is 0 Å². The van der Waals surface area contributed by atoms with Crippen molar-refractivity contribution in [3.8, 4) is 0 Å². The topological polar surface area (TPSA) is 72.1 Å². The highest BCUT2D eigenvalue weighted by molar-refractivity contribution is 5.85. The lowest BCUT2D eigenvalue weighted by molar-refractivity contribution is -0.128. The molecule has 1 atom stereocenters. The van der Waals surface area contributed by atoms with E-state index in [1.54, 1.807) is 0 Å². The number of carbonyl (C=O) groups is 1. The molecule has 0 aromatic carbocycles. The van der Waals surface area contributed by atoms with Crippen LogP contribution >= 0.6 is 0 Å². The van der Waals surface area contributed by atoms with Crippen LogP contribution in [0, 0.1) is 0 Å². The molecule has 0 bridgehead atoms. The summed E-state index contributed by atoms with van der Waals surface area (Å²) in [5.74, 6) is 0.698. The maximum absolute atomic E-state index is 14.5. The van der Waals surface area contributed by atoms with E-state index in [-0.39, 0.29) is 18.4 Å². The second-order valence-corrected chi connectivity index (χ2v) is 7.40. The van der Waals surface area contributed by atoms with E-state index >= 15 is 0 Å². The average Bonchev–Trinajstić information content (AvgIpc) is 3.03. The van der Waals surface area contributed by atoms with Crippen LogP contribution in [0.2, 0.25) is 0 Å². The minimum atomic E-state index is -1.95. The third-order valence-corrected chi connectivity index (χ3v) is 4.54. The Bertz CT molecular complexity index is 625. The average molecular weight is 306 g/mol. The Kier molecular flexibility index (Phi) is 3.38. The largest absolute Gasteiger partial charge is 0.367 e. The predicted molar refractivity (Wildman–Crippen MR) is 82.6 cm³/mol. The molecule has 1 aromatic heterocycles. The van der Waals surface area contributed by atoms with Crippen molar-refractivity contribution in [2.75, 3.05) is 18.0 Å². The molecule has 22 heavy (non-hydrogen) atoms. The Balaban J connectivity index is 2.01. The summed E-state index contributed by atoms with van der Waals surface area (Å²) in [5, 5.41) is 0. The number of aromatic nitrogens is 2. The number of rotatable bonds is 2. The zero-order valence-corrected chi connectivity index (χ0v) is 13.4. The van der Waals surface area contributed by atoms with Crippen molar-refractivity contribution in [1.29, 1.82) is 0 Å². The zero-order valence-electron chi connectivity index (χ0n) is 13.4. The van der Waals surface area contributed by atoms with Crippen molar-refractivity contribution in [2.24, 2.45) is 5.73 Å². The van der Waals surface area contributed by atoms with E-state index in [9.17, 15) is 9.18 Å². The number of alkyl halides is 1. The molecule has 1 saturated heterocycles. The van der Waals surface area contributed by atoms with Gasteiger partial charge in [0, 0.05) is 29.6 Å². The molecule has 1 aliphatic carbocycles. The van der Waals surface area contributed by atoms with Gasteiger partial charge in [0.2, 0.25) is 5.67 Å². The number of carbonyl (C=O) groups excluding carboxylic acids is 1. The van der Waals surface area contributed by atoms with Gasteiger partial charge in [0.1, 0.15) is 11.6 Å². The van der Waals surface area contributed by atoms with E-state index in [4.69, 9.17) is 15.7 Å². The lowest BCUT2D eigenvalue weighted by Gasteiger charge is -2.25. The highest BCUT2D eigenvalue weighted by atomic mass is 19.1. The van der Waals surface area contributed by atoms with E-state index in [1.807, 2.05) is 4.90 Å². The Hall–Kier alpha value is -1.72. The van der Waals surface area contributed by atoms with Gasteiger partial charge in [-0.05, 0) is 19.3 Å². The van der Waals surface area contributed by atoms with Gasteiger partial charge in [-0.25, -0.2) is 14.4 Å². The molecule has 0 saturated carbocycles. The first-order chi connectivity index (χ1) is 10.2. The van der Waals surface area contributed by atoms with Crippen LogP contribution in [0.15, 0.2) is 0 Å². The smallest absolute Gasteiger partial charge is 0.257 e. The molecule has 2 aliphatic rings. The SMILES string of the molecule is CC(C)(C)c1nc2c(c(N3CCC(F)(C(N)=O)C3)n1)CCC2. The quantitative estimate of drug-likeness (QED) is 0.902. The summed E-state index contributed by atoms with van der Waals surface area (Å²) in [6.45, 7) is 6.67. The summed E-state index contributed by atoms with van der Waals surface area (Å²) in [7, 11) is 0. The number of fused-ring (bicyclic) bond motifs is 1. The van der Waals surface area contributed by atoms with Gasteiger partial charge in [0.15, 0.2) is 0 Å². The summed E-state index contributed by atoms with van der Waals surface area (Å²) in [6.07, 6.45) is 3.04. The summed E-state index contributed by atoms with van der Waals surface area (Å²) >= 11 is 0. The molecule has 1 aliphatic heterocycles. The molecular weight excluding hydrogens is 283 g/mol. The summed E-state index contributed by atoms with van der Waals surface area (Å²) in [5.41, 5.74) is 5.29. The summed E-state index contributed by atoms with van der Waals surface area (Å²) < 4.78 is 14.5. The molecular formula is C16H23FN4O. The number of primary amides is 1. The van der Waals surface area contributed by atoms with Gasteiger partial charge >= 0.3 is 0 Å². The standard InChI is InChI=1S/C16H23FN4O/c1-15(2,3)14-19-11-6-4-5-10(11)12(20-14)21-8-7-16(17,9-21)13(18)22/h4-9H2,1-3H3,(H2,18,22). The van der Waals surface area contributed by atoms with E-state index in [0.717, 1.165) is 42.2 Å². The van der Waals surface area contributed by atoms with Gasteiger partial charge in [-0.3, -0.25) is 4.79 Å². The van der Waals surface area contributed by atoms with Crippen molar-refractivity contribution >= 4 is 11.7 Å². The highest BCUT2D eigenvalue weighted by Crippen LogP contribution is 2.36. The third-order valence-electron chi connectivity index (χ3n) is 4.54. The zero-order chi connectivity index (χ0) is 16.1. The normalized spacial score (nSPS) is 24.6. The Labute approximate surface area is 130 Å². The van der Waals surface area contributed by atoms with Crippen molar-refractivity contribution in [1.82, 2.24) is 9.97 Å². The lowest BCUT2D eigenvalue weighted by atomic mass is 9.95. The van der Waals surface area contributed by atoms with Gasteiger partial charge < -0.3 is 10.6 Å². The maximum atomic E-state index is 14.5. The number of hydrogen-bond acceptors (Lipinski definition) is 4. The number of nitrogens with two attached hydrogens (primary N) is 1. The first-order valence-corrected chi connectivity index (χ1v) is 7.85. The second kappa shape index (κ2) is 4.89. The number of anilines is 1. The molecule has 2 N–H and O–H groups in total. The fourth-order valence-electron chi connectivity index (χ4n) is 3.16. The van der Waals surface area contributed by atoms with Crippen LogP contribution in [-0.4, -0.2) is 34.6 Å². The van der Waals surface area contributed by atoms with Crippen LogP contribution in [0.3, 0.4) is 0 Å². The van der Waals surface area contributed by atoms with E-state index in [0.29, 0.717) is 6.54 Å². The monoisotopic (exact) mass is 306 g/mol. The number of amides is 1. The summed E-state index contributed by atoms with van der Waals surface area (Å²) in [6, 6.07) is 0. The molecule has 2 heterocycles. The predicted octanol–water partition coefficient (Wildman–Crippen LogP) is 1.67. The Morgan fingerprint density at radius 3 is 2.64 bits per heavy atom. The maximum Gasteiger partial charge on any atom is 0.257 e. The molecule has 6 heteroatoms. The second-order valence-electron chi connectivity index (χ2n) is 7.40. The van der Waals surface area contributed by atoms with Crippen LogP contribution in [0.1, 0.15) is 50.7 Å². The fraction of sp³-hybridized carbons (Fsp3) is 0.688. The Morgan fingerprint density at radius 1 is 1.32 bits per heavy atom.